The molecule has 0 atom stereocenters. The summed E-state index contributed by atoms with van der Waals surface area (Å²) < 4.78 is 31.7. The van der Waals surface area contributed by atoms with Crippen molar-refractivity contribution < 1.29 is 17.9 Å². The Hall–Kier alpha value is -1.89. The molecular formula is C19H20ClNO4S. The Bertz CT molecular complexity index is 857. The summed E-state index contributed by atoms with van der Waals surface area (Å²) in [4.78, 5) is 12.2. The average molecular weight is 394 g/mol. The first-order chi connectivity index (χ1) is 12.4. The van der Waals surface area contributed by atoms with Crippen LogP contribution >= 0.6 is 11.6 Å². The van der Waals surface area contributed by atoms with E-state index in [1.54, 1.807) is 48.5 Å². The highest BCUT2D eigenvalue weighted by atomic mass is 35.5. The van der Waals surface area contributed by atoms with E-state index in [-0.39, 0.29) is 12.4 Å². The van der Waals surface area contributed by atoms with Gasteiger partial charge in [0.05, 0.1) is 4.90 Å². The van der Waals surface area contributed by atoms with Crippen molar-refractivity contribution in [2.45, 2.75) is 30.6 Å². The minimum Gasteiger partial charge on any atom is -0.427 e. The lowest BCUT2D eigenvalue weighted by Gasteiger charge is -2.15. The van der Waals surface area contributed by atoms with E-state index >= 15 is 0 Å². The van der Waals surface area contributed by atoms with E-state index in [2.05, 4.69) is 0 Å². The van der Waals surface area contributed by atoms with E-state index in [0.717, 1.165) is 18.4 Å². The Kier molecular flexibility index (Phi) is 5.96. The van der Waals surface area contributed by atoms with Gasteiger partial charge in [-0.15, -0.1) is 0 Å². The lowest BCUT2D eigenvalue weighted by molar-refractivity contribution is -0.134. The lowest BCUT2D eigenvalue weighted by Crippen LogP contribution is -2.27. The molecule has 0 radical (unpaired) electrons. The minimum atomic E-state index is -3.40. The van der Waals surface area contributed by atoms with Gasteiger partial charge in [-0.1, -0.05) is 23.7 Å². The molecule has 0 saturated carbocycles. The Labute approximate surface area is 158 Å². The fourth-order valence-electron chi connectivity index (χ4n) is 2.84. The second-order valence-corrected chi connectivity index (χ2v) is 8.56. The molecule has 1 heterocycles. The summed E-state index contributed by atoms with van der Waals surface area (Å²) in [6, 6.07) is 13.3. The maximum Gasteiger partial charge on any atom is 0.311 e. The number of carbonyl (C=O) groups is 1. The number of ether oxygens (including phenoxy) is 1. The molecular weight excluding hydrogens is 374 g/mol. The Balaban J connectivity index is 1.55. The van der Waals surface area contributed by atoms with Crippen LogP contribution in [0.2, 0.25) is 5.02 Å². The number of hydrogen-bond acceptors (Lipinski definition) is 4. The monoisotopic (exact) mass is 393 g/mol. The smallest absolute Gasteiger partial charge is 0.311 e. The van der Waals surface area contributed by atoms with Crippen molar-refractivity contribution >= 4 is 27.6 Å². The van der Waals surface area contributed by atoms with Gasteiger partial charge in [0.2, 0.25) is 10.0 Å². The predicted octanol–water partition coefficient (Wildman–Crippen LogP) is 3.66. The number of rotatable bonds is 6. The molecule has 0 amide bonds. The van der Waals surface area contributed by atoms with Crippen molar-refractivity contribution in [3.05, 3.63) is 59.1 Å². The average Bonchev–Trinajstić information content (AvgIpc) is 3.18. The maximum atomic E-state index is 12.5. The molecule has 1 aliphatic rings. The van der Waals surface area contributed by atoms with E-state index in [0.29, 0.717) is 35.2 Å². The molecule has 26 heavy (non-hydrogen) atoms. The van der Waals surface area contributed by atoms with Crippen LogP contribution in [0.4, 0.5) is 0 Å². The van der Waals surface area contributed by atoms with E-state index in [1.165, 1.54) is 4.31 Å². The summed E-state index contributed by atoms with van der Waals surface area (Å²) in [6.07, 6.45) is 2.51. The third-order valence-corrected chi connectivity index (χ3v) is 6.45. The molecule has 0 aliphatic carbocycles. The first-order valence-corrected chi connectivity index (χ1v) is 10.3. The van der Waals surface area contributed by atoms with E-state index < -0.39 is 10.0 Å². The van der Waals surface area contributed by atoms with Gasteiger partial charge in [-0.2, -0.15) is 4.31 Å². The number of benzene rings is 2. The highest BCUT2D eigenvalue weighted by molar-refractivity contribution is 7.89. The lowest BCUT2D eigenvalue weighted by atomic mass is 10.1. The first-order valence-electron chi connectivity index (χ1n) is 8.50. The Morgan fingerprint density at radius 2 is 1.62 bits per heavy atom. The molecule has 0 aromatic heterocycles. The van der Waals surface area contributed by atoms with Gasteiger partial charge < -0.3 is 4.74 Å². The first kappa shape index (κ1) is 18.9. The van der Waals surface area contributed by atoms with Crippen LogP contribution in [0.1, 0.15) is 24.8 Å². The largest absolute Gasteiger partial charge is 0.427 e. The van der Waals surface area contributed by atoms with Crippen molar-refractivity contribution in [2.75, 3.05) is 13.1 Å². The molecule has 3 rings (SSSR count). The number of aryl methyl sites for hydroxylation is 1. The quantitative estimate of drug-likeness (QED) is 0.555. The maximum absolute atomic E-state index is 12.5. The molecule has 0 N–H and O–H groups in total. The summed E-state index contributed by atoms with van der Waals surface area (Å²) in [6.45, 7) is 1.17. The standard InChI is InChI=1S/C19H20ClNO4S/c20-16-6-8-17(9-7-16)25-19(22)12-5-15-3-10-18(11-4-15)26(23,24)21-13-1-2-14-21/h3-4,6-11H,1-2,5,12-14H2. The third-order valence-electron chi connectivity index (χ3n) is 4.29. The SMILES string of the molecule is O=C(CCc1ccc(S(=O)(=O)N2CCCC2)cc1)Oc1ccc(Cl)cc1. The van der Waals surface area contributed by atoms with Crippen LogP contribution in [0.15, 0.2) is 53.4 Å². The summed E-state index contributed by atoms with van der Waals surface area (Å²) >= 11 is 5.79. The van der Waals surface area contributed by atoms with Crippen LogP contribution in [0.5, 0.6) is 5.75 Å². The number of sulfonamides is 1. The van der Waals surface area contributed by atoms with Gasteiger partial charge in [0.1, 0.15) is 5.75 Å². The molecule has 1 fully saturated rings. The van der Waals surface area contributed by atoms with Crippen LogP contribution in [0, 0.1) is 0 Å². The second kappa shape index (κ2) is 8.20. The summed E-state index contributed by atoms with van der Waals surface area (Å²) in [5.41, 5.74) is 0.887. The molecule has 0 bridgehead atoms. The molecule has 0 spiro atoms. The molecule has 5 nitrogen and oxygen atoms in total. The zero-order chi connectivity index (χ0) is 18.6. The molecule has 138 valence electrons. The zero-order valence-corrected chi connectivity index (χ0v) is 15.8. The third kappa shape index (κ3) is 4.63. The van der Waals surface area contributed by atoms with E-state index in [9.17, 15) is 13.2 Å². The Morgan fingerprint density at radius 3 is 2.23 bits per heavy atom. The van der Waals surface area contributed by atoms with Crippen LogP contribution in [0.3, 0.4) is 0 Å². The van der Waals surface area contributed by atoms with Crippen LogP contribution in [0.25, 0.3) is 0 Å². The number of halogens is 1. The summed E-state index contributed by atoms with van der Waals surface area (Å²) in [7, 11) is -3.40. The molecule has 0 unspecified atom stereocenters. The normalized spacial score (nSPS) is 15.1. The van der Waals surface area contributed by atoms with Crippen molar-refractivity contribution in [2.24, 2.45) is 0 Å². The molecule has 2 aromatic carbocycles. The fourth-order valence-corrected chi connectivity index (χ4v) is 4.48. The zero-order valence-electron chi connectivity index (χ0n) is 14.2. The van der Waals surface area contributed by atoms with Crippen molar-refractivity contribution in [3.8, 4) is 5.75 Å². The van der Waals surface area contributed by atoms with Gasteiger partial charge in [-0.05, 0) is 61.2 Å². The van der Waals surface area contributed by atoms with Gasteiger partial charge in [-0.25, -0.2) is 8.42 Å². The van der Waals surface area contributed by atoms with Crippen molar-refractivity contribution in [1.29, 1.82) is 0 Å². The van der Waals surface area contributed by atoms with Gasteiger partial charge in [0.25, 0.3) is 0 Å². The highest BCUT2D eigenvalue weighted by Gasteiger charge is 2.26. The Morgan fingerprint density at radius 1 is 1.00 bits per heavy atom. The molecule has 2 aromatic rings. The fraction of sp³-hybridized carbons (Fsp3) is 0.316. The number of esters is 1. The molecule has 1 aliphatic heterocycles. The van der Waals surface area contributed by atoms with Gasteiger partial charge >= 0.3 is 5.97 Å². The minimum absolute atomic E-state index is 0.209. The van der Waals surface area contributed by atoms with Crippen LogP contribution in [-0.4, -0.2) is 31.8 Å². The second-order valence-electron chi connectivity index (χ2n) is 6.18. The van der Waals surface area contributed by atoms with E-state index in [1.807, 2.05) is 0 Å². The van der Waals surface area contributed by atoms with E-state index in [4.69, 9.17) is 16.3 Å². The molecule has 7 heteroatoms. The number of nitrogens with zero attached hydrogens (tertiary/aromatic N) is 1. The number of carbonyl (C=O) groups excluding carboxylic acids is 1. The van der Waals surface area contributed by atoms with Gasteiger partial charge in [0.15, 0.2) is 0 Å². The highest BCUT2D eigenvalue weighted by Crippen LogP contribution is 2.21. The summed E-state index contributed by atoms with van der Waals surface area (Å²) in [5.74, 6) is 0.104. The van der Waals surface area contributed by atoms with Crippen molar-refractivity contribution in [3.63, 3.8) is 0 Å². The van der Waals surface area contributed by atoms with Gasteiger partial charge in [0, 0.05) is 24.5 Å². The van der Waals surface area contributed by atoms with Gasteiger partial charge in [-0.3, -0.25) is 4.79 Å². The number of hydrogen-bond donors (Lipinski definition) is 0. The molecule has 1 saturated heterocycles. The summed E-state index contributed by atoms with van der Waals surface area (Å²) in [5, 5.41) is 0.578. The predicted molar refractivity (Wildman–Crippen MR) is 99.8 cm³/mol. The topological polar surface area (TPSA) is 63.7 Å². The van der Waals surface area contributed by atoms with Crippen molar-refractivity contribution in [1.82, 2.24) is 4.31 Å². The van der Waals surface area contributed by atoms with Crippen LogP contribution in [-0.2, 0) is 21.2 Å². The van der Waals surface area contributed by atoms with Crippen LogP contribution < -0.4 is 4.74 Å².